The lowest BCUT2D eigenvalue weighted by Crippen LogP contribution is -1.89. The van der Waals surface area contributed by atoms with Gasteiger partial charge in [0, 0.05) is 16.5 Å². The van der Waals surface area contributed by atoms with Crippen molar-refractivity contribution in [3.05, 3.63) is 45.5 Å². The van der Waals surface area contributed by atoms with E-state index in [1.807, 2.05) is 6.07 Å². The van der Waals surface area contributed by atoms with Gasteiger partial charge >= 0.3 is 0 Å². The second kappa shape index (κ2) is 4.38. The van der Waals surface area contributed by atoms with Crippen molar-refractivity contribution in [3.63, 3.8) is 0 Å². The molecular formula is C12H10Cl2O. The first-order valence-electron chi connectivity index (χ1n) is 4.81. The normalized spacial score (nSPS) is 15.6. The number of halogens is 2. The fourth-order valence-electron chi connectivity index (χ4n) is 1.72. The van der Waals surface area contributed by atoms with Gasteiger partial charge in [-0.05, 0) is 42.7 Å². The van der Waals surface area contributed by atoms with Gasteiger partial charge in [-0.2, -0.15) is 0 Å². The van der Waals surface area contributed by atoms with E-state index in [0.717, 1.165) is 24.0 Å². The highest BCUT2D eigenvalue weighted by atomic mass is 35.5. The molecule has 3 heteroatoms. The number of carbonyl (C=O) groups excluding carboxylic acids is 1. The van der Waals surface area contributed by atoms with Gasteiger partial charge in [-0.1, -0.05) is 28.8 Å². The summed E-state index contributed by atoms with van der Waals surface area (Å²) < 4.78 is 0. The Balaban J connectivity index is 2.20. The van der Waals surface area contributed by atoms with Crippen LogP contribution in [0.4, 0.5) is 0 Å². The third-order valence-electron chi connectivity index (χ3n) is 2.48. The zero-order chi connectivity index (χ0) is 10.8. The molecule has 1 nitrogen and oxygen atoms in total. The Morgan fingerprint density at radius 2 is 2.00 bits per heavy atom. The fourth-order valence-corrected chi connectivity index (χ4v) is 2.10. The number of benzene rings is 1. The number of hydrogen-bond donors (Lipinski definition) is 0. The maximum absolute atomic E-state index is 11.1. The van der Waals surface area contributed by atoms with E-state index in [-0.39, 0.29) is 5.78 Å². The molecule has 0 spiro atoms. The molecule has 1 aromatic rings. The lowest BCUT2D eigenvalue weighted by Gasteiger charge is -2.05. The molecule has 0 atom stereocenters. The van der Waals surface area contributed by atoms with Crippen LogP contribution >= 0.6 is 23.2 Å². The first-order valence-corrected chi connectivity index (χ1v) is 5.57. The Morgan fingerprint density at radius 3 is 2.67 bits per heavy atom. The molecule has 2 rings (SSSR count). The molecule has 0 N–H and O–H groups in total. The summed E-state index contributed by atoms with van der Waals surface area (Å²) in [6, 6.07) is 5.41. The van der Waals surface area contributed by atoms with Crippen LogP contribution in [-0.4, -0.2) is 5.78 Å². The summed E-state index contributed by atoms with van der Waals surface area (Å²) in [6.45, 7) is 0. The fraction of sp³-hybridized carbons (Fsp3) is 0.250. The van der Waals surface area contributed by atoms with Gasteiger partial charge in [-0.15, -0.1) is 0 Å². The first kappa shape index (κ1) is 10.7. The molecular weight excluding hydrogens is 231 g/mol. The maximum atomic E-state index is 11.1. The lowest BCUT2D eigenvalue weighted by atomic mass is 10.0. The van der Waals surface area contributed by atoms with Crippen LogP contribution in [0.5, 0.6) is 0 Å². The summed E-state index contributed by atoms with van der Waals surface area (Å²) in [7, 11) is 0. The van der Waals surface area contributed by atoms with E-state index < -0.39 is 0 Å². The minimum absolute atomic E-state index is 0.211. The lowest BCUT2D eigenvalue weighted by molar-refractivity contribution is -0.114. The smallest absolute Gasteiger partial charge is 0.155 e. The van der Waals surface area contributed by atoms with E-state index >= 15 is 0 Å². The molecule has 0 saturated heterocycles. The van der Waals surface area contributed by atoms with Gasteiger partial charge in [-0.25, -0.2) is 0 Å². The first-order chi connectivity index (χ1) is 7.15. The van der Waals surface area contributed by atoms with Crippen molar-refractivity contribution in [3.8, 4) is 0 Å². The number of carbonyl (C=O) groups is 1. The monoisotopic (exact) mass is 240 g/mol. The Labute approximate surface area is 98.7 Å². The third kappa shape index (κ3) is 2.61. The minimum atomic E-state index is 0.211. The molecule has 0 unspecified atom stereocenters. The van der Waals surface area contributed by atoms with Crippen molar-refractivity contribution in [2.24, 2.45) is 0 Å². The van der Waals surface area contributed by atoms with E-state index in [4.69, 9.17) is 23.2 Å². The molecule has 0 saturated carbocycles. The van der Waals surface area contributed by atoms with Crippen LogP contribution < -0.4 is 0 Å². The second-order valence-electron chi connectivity index (χ2n) is 3.68. The molecule has 1 aromatic carbocycles. The van der Waals surface area contributed by atoms with Gasteiger partial charge in [0.15, 0.2) is 5.78 Å². The quantitative estimate of drug-likeness (QED) is 0.769. The van der Waals surface area contributed by atoms with Crippen molar-refractivity contribution in [2.75, 3.05) is 0 Å². The summed E-state index contributed by atoms with van der Waals surface area (Å²) in [6.07, 6.45) is 3.93. The second-order valence-corrected chi connectivity index (χ2v) is 4.53. The molecule has 0 aliphatic heterocycles. The van der Waals surface area contributed by atoms with Crippen LogP contribution in [-0.2, 0) is 11.2 Å². The summed E-state index contributed by atoms with van der Waals surface area (Å²) >= 11 is 11.9. The van der Waals surface area contributed by atoms with E-state index in [1.165, 1.54) is 0 Å². The largest absolute Gasteiger partial charge is 0.295 e. The summed E-state index contributed by atoms with van der Waals surface area (Å²) in [5.74, 6) is 0.211. The predicted molar refractivity (Wildman–Crippen MR) is 62.5 cm³/mol. The Morgan fingerprint density at radius 1 is 1.20 bits per heavy atom. The molecule has 0 amide bonds. The molecule has 1 aliphatic rings. The average molecular weight is 241 g/mol. The average Bonchev–Trinajstić information content (AvgIpc) is 2.58. The molecule has 78 valence electrons. The third-order valence-corrected chi connectivity index (χ3v) is 3.09. The van der Waals surface area contributed by atoms with Crippen LogP contribution in [0.2, 0.25) is 10.0 Å². The van der Waals surface area contributed by atoms with E-state index in [1.54, 1.807) is 18.2 Å². The summed E-state index contributed by atoms with van der Waals surface area (Å²) in [4.78, 5) is 11.1. The van der Waals surface area contributed by atoms with Gasteiger partial charge in [0.05, 0.1) is 0 Å². The Bertz CT molecular complexity index is 435. The highest BCUT2D eigenvalue weighted by Crippen LogP contribution is 2.26. The van der Waals surface area contributed by atoms with Gasteiger partial charge in [0.2, 0.25) is 0 Å². The van der Waals surface area contributed by atoms with Crippen molar-refractivity contribution < 1.29 is 4.79 Å². The van der Waals surface area contributed by atoms with Crippen LogP contribution in [0.15, 0.2) is 29.8 Å². The van der Waals surface area contributed by atoms with E-state index in [9.17, 15) is 4.79 Å². The maximum Gasteiger partial charge on any atom is 0.155 e. The Hall–Kier alpha value is -0.790. The summed E-state index contributed by atoms with van der Waals surface area (Å²) in [5, 5.41) is 1.39. The van der Waals surface area contributed by atoms with Gasteiger partial charge in [0.1, 0.15) is 0 Å². The zero-order valence-electron chi connectivity index (χ0n) is 8.09. The molecule has 0 fully saturated rings. The zero-order valence-corrected chi connectivity index (χ0v) is 9.61. The predicted octanol–water partition coefficient (Wildman–Crippen LogP) is 3.83. The van der Waals surface area contributed by atoms with Crippen LogP contribution in [0.1, 0.15) is 18.4 Å². The molecule has 0 radical (unpaired) electrons. The van der Waals surface area contributed by atoms with Gasteiger partial charge in [-0.3, -0.25) is 4.79 Å². The SMILES string of the molecule is O=C1C=C(Cc2cc(Cl)ccc2Cl)CC1. The van der Waals surface area contributed by atoms with Crippen molar-refractivity contribution in [1.29, 1.82) is 0 Å². The van der Waals surface area contributed by atoms with Crippen molar-refractivity contribution in [2.45, 2.75) is 19.3 Å². The molecule has 1 aliphatic carbocycles. The Kier molecular flexibility index (Phi) is 3.13. The molecule has 0 heterocycles. The molecule has 15 heavy (non-hydrogen) atoms. The topological polar surface area (TPSA) is 17.1 Å². The number of rotatable bonds is 2. The standard InChI is InChI=1S/C12H10Cl2O/c13-10-2-4-12(14)9(7-10)5-8-1-3-11(15)6-8/h2,4,6-7H,1,3,5H2. The number of allylic oxidation sites excluding steroid dienone is 2. The summed E-state index contributed by atoms with van der Waals surface area (Å²) in [5.41, 5.74) is 2.13. The minimum Gasteiger partial charge on any atom is -0.295 e. The number of ketones is 1. The van der Waals surface area contributed by atoms with Gasteiger partial charge in [0.25, 0.3) is 0 Å². The van der Waals surface area contributed by atoms with Crippen molar-refractivity contribution in [1.82, 2.24) is 0 Å². The van der Waals surface area contributed by atoms with Crippen molar-refractivity contribution >= 4 is 29.0 Å². The van der Waals surface area contributed by atoms with Crippen LogP contribution in [0.25, 0.3) is 0 Å². The highest BCUT2D eigenvalue weighted by molar-refractivity contribution is 6.33. The molecule has 0 bridgehead atoms. The van der Waals surface area contributed by atoms with E-state index in [0.29, 0.717) is 16.5 Å². The highest BCUT2D eigenvalue weighted by Gasteiger charge is 2.13. The van der Waals surface area contributed by atoms with Crippen LogP contribution in [0.3, 0.4) is 0 Å². The van der Waals surface area contributed by atoms with E-state index in [2.05, 4.69) is 0 Å². The number of hydrogen-bond acceptors (Lipinski definition) is 1. The van der Waals surface area contributed by atoms with Gasteiger partial charge < -0.3 is 0 Å². The molecule has 0 aromatic heterocycles. The van der Waals surface area contributed by atoms with Crippen LogP contribution in [0, 0.1) is 0 Å².